The van der Waals surface area contributed by atoms with Crippen LogP contribution in [0, 0.1) is 5.82 Å². The Morgan fingerprint density at radius 1 is 0.929 bits per heavy atom. The van der Waals surface area contributed by atoms with Gasteiger partial charge in [0.15, 0.2) is 0 Å². The van der Waals surface area contributed by atoms with E-state index in [1.807, 2.05) is 48.5 Å². The van der Waals surface area contributed by atoms with Crippen molar-refractivity contribution in [3.05, 3.63) is 84.4 Å². The van der Waals surface area contributed by atoms with Crippen molar-refractivity contribution in [3.63, 3.8) is 0 Å². The minimum atomic E-state index is -0.342. The molecule has 0 radical (unpaired) electrons. The Bertz CT molecular complexity index is 1170. The maximum atomic E-state index is 14.5. The van der Waals surface area contributed by atoms with E-state index in [1.54, 1.807) is 23.1 Å². The molecule has 1 aromatic heterocycles. The number of aromatic nitrogens is 3. The third kappa shape index (κ3) is 2.85. The van der Waals surface area contributed by atoms with Gasteiger partial charge in [-0.15, -0.1) is 5.10 Å². The lowest BCUT2D eigenvalue weighted by molar-refractivity contribution is -0.115. The molecule has 1 N–H and O–H groups in total. The van der Waals surface area contributed by atoms with Crippen LogP contribution in [0.1, 0.15) is 5.56 Å². The second-order valence-corrected chi connectivity index (χ2v) is 6.69. The molecule has 5 rings (SSSR count). The van der Waals surface area contributed by atoms with Crippen LogP contribution in [-0.2, 0) is 11.2 Å². The van der Waals surface area contributed by atoms with Crippen molar-refractivity contribution in [2.45, 2.75) is 6.42 Å². The molecule has 0 atom stereocenters. The lowest BCUT2D eigenvalue weighted by Gasteiger charge is -2.09. The van der Waals surface area contributed by atoms with Gasteiger partial charge in [0.25, 0.3) is 0 Å². The van der Waals surface area contributed by atoms with Crippen LogP contribution in [0.25, 0.3) is 27.9 Å². The van der Waals surface area contributed by atoms with Gasteiger partial charge in [-0.05, 0) is 46.5 Å². The van der Waals surface area contributed by atoms with E-state index in [0.717, 1.165) is 27.9 Å². The summed E-state index contributed by atoms with van der Waals surface area (Å²) in [5.74, 6) is -0.442. The summed E-state index contributed by atoms with van der Waals surface area (Å²) in [5, 5.41) is 10.5. The van der Waals surface area contributed by atoms with E-state index in [-0.39, 0.29) is 11.7 Å². The quantitative estimate of drug-likeness (QED) is 0.587. The SMILES string of the molecule is O=C1Cc2cc(-c3ccc(-c4ccc(-n5ccnn5)cc4)cc3)c(F)cc2N1. The average molecular weight is 370 g/mol. The molecule has 2 heterocycles. The Morgan fingerprint density at radius 3 is 2.29 bits per heavy atom. The van der Waals surface area contributed by atoms with Crippen molar-refractivity contribution in [1.82, 2.24) is 15.0 Å². The number of benzene rings is 3. The molecule has 136 valence electrons. The van der Waals surface area contributed by atoms with Gasteiger partial charge in [0, 0.05) is 11.3 Å². The lowest BCUT2D eigenvalue weighted by Crippen LogP contribution is -2.03. The third-order valence-corrected chi connectivity index (χ3v) is 4.90. The number of nitrogens with one attached hydrogen (secondary N) is 1. The highest BCUT2D eigenvalue weighted by molar-refractivity contribution is 5.99. The van der Waals surface area contributed by atoms with Crippen LogP contribution in [0.5, 0.6) is 0 Å². The summed E-state index contributed by atoms with van der Waals surface area (Å²) in [5.41, 5.74) is 5.70. The molecule has 4 aromatic rings. The minimum Gasteiger partial charge on any atom is -0.325 e. The predicted molar refractivity (Wildman–Crippen MR) is 105 cm³/mol. The second kappa shape index (κ2) is 6.42. The Hall–Kier alpha value is -3.80. The van der Waals surface area contributed by atoms with Crippen molar-refractivity contribution >= 4 is 11.6 Å². The number of carbonyl (C=O) groups excluding carboxylic acids is 1. The minimum absolute atomic E-state index is 0.101. The molecule has 1 amide bonds. The average Bonchev–Trinajstić information content (AvgIpc) is 3.37. The lowest BCUT2D eigenvalue weighted by atomic mass is 9.98. The van der Waals surface area contributed by atoms with E-state index in [9.17, 15) is 9.18 Å². The van der Waals surface area contributed by atoms with Gasteiger partial charge in [-0.2, -0.15) is 0 Å². The normalized spacial score (nSPS) is 12.7. The molecule has 28 heavy (non-hydrogen) atoms. The van der Waals surface area contributed by atoms with Crippen molar-refractivity contribution < 1.29 is 9.18 Å². The summed E-state index contributed by atoms with van der Waals surface area (Å²) in [7, 11) is 0. The van der Waals surface area contributed by atoms with Crippen LogP contribution in [0.2, 0.25) is 0 Å². The summed E-state index contributed by atoms with van der Waals surface area (Å²) in [6.07, 6.45) is 3.72. The summed E-state index contributed by atoms with van der Waals surface area (Å²) in [6, 6.07) is 18.9. The van der Waals surface area contributed by atoms with E-state index in [4.69, 9.17) is 0 Å². The highest BCUT2D eigenvalue weighted by Gasteiger charge is 2.20. The highest BCUT2D eigenvalue weighted by Crippen LogP contribution is 2.33. The molecule has 0 spiro atoms. The summed E-state index contributed by atoms with van der Waals surface area (Å²) >= 11 is 0. The molecular formula is C22H15FN4O. The molecule has 0 unspecified atom stereocenters. The van der Waals surface area contributed by atoms with Gasteiger partial charge >= 0.3 is 0 Å². The van der Waals surface area contributed by atoms with Crippen LogP contribution >= 0.6 is 0 Å². The van der Waals surface area contributed by atoms with Crippen LogP contribution in [0.15, 0.2) is 73.1 Å². The predicted octanol–water partition coefficient (Wildman–Crippen LogP) is 4.24. The topological polar surface area (TPSA) is 59.8 Å². The molecular weight excluding hydrogens is 355 g/mol. The molecule has 1 aliphatic heterocycles. The van der Waals surface area contributed by atoms with Gasteiger partial charge < -0.3 is 5.32 Å². The van der Waals surface area contributed by atoms with Gasteiger partial charge in [-0.3, -0.25) is 4.79 Å². The number of nitrogens with zero attached hydrogens (tertiary/aromatic N) is 3. The van der Waals surface area contributed by atoms with Crippen LogP contribution in [0.3, 0.4) is 0 Å². The first kappa shape index (κ1) is 16.4. The van der Waals surface area contributed by atoms with Crippen molar-refractivity contribution in [3.8, 4) is 27.9 Å². The standard InChI is InChI=1S/C22H15FN4O/c23-20-13-21-17(12-22(28)25-21)11-19(20)16-3-1-14(2-4-16)15-5-7-18(8-6-15)27-10-9-24-26-27/h1-11,13H,12H2,(H,25,28). The fourth-order valence-electron chi connectivity index (χ4n) is 3.46. The molecule has 5 nitrogen and oxygen atoms in total. The zero-order valence-corrected chi connectivity index (χ0v) is 14.8. The number of fused-ring (bicyclic) bond motifs is 1. The van der Waals surface area contributed by atoms with Gasteiger partial charge in [0.05, 0.1) is 24.5 Å². The number of hydrogen-bond acceptors (Lipinski definition) is 3. The Morgan fingerprint density at radius 2 is 1.61 bits per heavy atom. The van der Waals surface area contributed by atoms with Gasteiger partial charge in [0.1, 0.15) is 5.82 Å². The van der Waals surface area contributed by atoms with E-state index in [2.05, 4.69) is 15.6 Å². The first-order chi connectivity index (χ1) is 13.7. The van der Waals surface area contributed by atoms with Gasteiger partial charge in [-0.1, -0.05) is 41.6 Å². The number of amides is 1. The number of rotatable bonds is 3. The smallest absolute Gasteiger partial charge is 0.228 e. The maximum absolute atomic E-state index is 14.5. The van der Waals surface area contributed by atoms with E-state index in [1.165, 1.54) is 6.07 Å². The third-order valence-electron chi connectivity index (χ3n) is 4.90. The molecule has 0 saturated heterocycles. The van der Waals surface area contributed by atoms with Crippen LogP contribution in [-0.4, -0.2) is 20.9 Å². The molecule has 3 aromatic carbocycles. The monoisotopic (exact) mass is 370 g/mol. The number of carbonyl (C=O) groups is 1. The first-order valence-corrected chi connectivity index (χ1v) is 8.87. The number of hydrogen-bond donors (Lipinski definition) is 1. The fourth-order valence-corrected chi connectivity index (χ4v) is 3.46. The summed E-state index contributed by atoms with van der Waals surface area (Å²) in [4.78, 5) is 11.5. The molecule has 6 heteroatoms. The van der Waals surface area contributed by atoms with E-state index < -0.39 is 0 Å². The van der Waals surface area contributed by atoms with Crippen molar-refractivity contribution in [2.24, 2.45) is 0 Å². The molecule has 0 fully saturated rings. The molecule has 1 aliphatic rings. The summed E-state index contributed by atoms with van der Waals surface area (Å²) in [6.45, 7) is 0. The zero-order chi connectivity index (χ0) is 19.1. The molecule has 0 bridgehead atoms. The Balaban J connectivity index is 1.44. The van der Waals surface area contributed by atoms with E-state index in [0.29, 0.717) is 17.7 Å². The van der Waals surface area contributed by atoms with Gasteiger partial charge in [0.2, 0.25) is 5.91 Å². The largest absolute Gasteiger partial charge is 0.325 e. The maximum Gasteiger partial charge on any atom is 0.228 e. The first-order valence-electron chi connectivity index (χ1n) is 8.87. The Kier molecular flexibility index (Phi) is 3.76. The second-order valence-electron chi connectivity index (χ2n) is 6.69. The van der Waals surface area contributed by atoms with Crippen LogP contribution < -0.4 is 5.32 Å². The Labute approximate surface area is 160 Å². The van der Waals surface area contributed by atoms with Crippen molar-refractivity contribution in [1.29, 1.82) is 0 Å². The molecule has 0 saturated carbocycles. The number of halogens is 1. The van der Waals surface area contributed by atoms with E-state index >= 15 is 0 Å². The van der Waals surface area contributed by atoms with Crippen molar-refractivity contribution in [2.75, 3.05) is 5.32 Å². The number of anilines is 1. The highest BCUT2D eigenvalue weighted by atomic mass is 19.1. The summed E-state index contributed by atoms with van der Waals surface area (Å²) < 4.78 is 16.2. The van der Waals surface area contributed by atoms with Gasteiger partial charge in [-0.25, -0.2) is 9.07 Å². The molecule has 0 aliphatic carbocycles. The van der Waals surface area contributed by atoms with Crippen LogP contribution in [0.4, 0.5) is 10.1 Å². The zero-order valence-electron chi connectivity index (χ0n) is 14.8. The fraction of sp³-hybridized carbons (Fsp3) is 0.0455.